The molecule has 33 heavy (non-hydrogen) atoms. The van der Waals surface area contributed by atoms with Gasteiger partial charge >= 0.3 is 0 Å². The summed E-state index contributed by atoms with van der Waals surface area (Å²) in [4.78, 5) is 32.0. The Bertz CT molecular complexity index is 1220. The fourth-order valence-corrected chi connectivity index (χ4v) is 5.47. The molecule has 2 fully saturated rings. The quantitative estimate of drug-likeness (QED) is 0.554. The number of imidazole rings is 1. The fourth-order valence-electron chi connectivity index (χ4n) is 5.09. The molecule has 0 bridgehead atoms. The lowest BCUT2D eigenvalue weighted by Crippen LogP contribution is -2.41. The van der Waals surface area contributed by atoms with Crippen molar-refractivity contribution in [1.82, 2.24) is 19.6 Å². The summed E-state index contributed by atoms with van der Waals surface area (Å²) in [5, 5.41) is 3.17. The van der Waals surface area contributed by atoms with Crippen LogP contribution in [0.2, 0.25) is 0 Å². The average molecular weight is 513 g/mol. The van der Waals surface area contributed by atoms with Crippen molar-refractivity contribution in [2.45, 2.75) is 38.6 Å². The Kier molecular flexibility index (Phi) is 5.72. The van der Waals surface area contributed by atoms with Crippen molar-refractivity contribution in [3.8, 4) is 0 Å². The molecule has 172 valence electrons. The smallest absolute Gasteiger partial charge is 0.227 e. The molecule has 1 aliphatic carbocycles. The van der Waals surface area contributed by atoms with E-state index in [9.17, 15) is 14.0 Å². The molecule has 1 saturated heterocycles. The Morgan fingerprint density at radius 2 is 2.06 bits per heavy atom. The van der Waals surface area contributed by atoms with Gasteiger partial charge in [-0.25, -0.2) is 9.37 Å². The van der Waals surface area contributed by atoms with Gasteiger partial charge in [0.25, 0.3) is 0 Å². The molecule has 1 saturated carbocycles. The fraction of sp³-hybridized carbons (Fsp3) is 0.400. The number of piperidine rings is 1. The molecule has 2 amide bonds. The lowest BCUT2D eigenvalue weighted by Gasteiger charge is -2.33. The maximum Gasteiger partial charge on any atom is 0.227 e. The number of amides is 2. The van der Waals surface area contributed by atoms with Gasteiger partial charge < -0.3 is 14.6 Å². The van der Waals surface area contributed by atoms with E-state index in [1.54, 1.807) is 6.07 Å². The van der Waals surface area contributed by atoms with E-state index in [-0.39, 0.29) is 41.4 Å². The van der Waals surface area contributed by atoms with Crippen molar-refractivity contribution in [3.05, 3.63) is 70.3 Å². The first kappa shape index (κ1) is 22.1. The lowest BCUT2D eigenvalue weighted by molar-refractivity contribution is -0.132. The number of hydrogen-bond donors (Lipinski definition) is 1. The third-order valence-electron chi connectivity index (χ3n) is 7.22. The molecule has 1 aliphatic heterocycles. The molecule has 5 rings (SSSR count). The van der Waals surface area contributed by atoms with Crippen LogP contribution in [0.4, 0.5) is 4.39 Å². The van der Waals surface area contributed by atoms with Crippen molar-refractivity contribution < 1.29 is 14.0 Å². The Labute approximate surface area is 200 Å². The molecule has 6 nitrogen and oxygen atoms in total. The van der Waals surface area contributed by atoms with Gasteiger partial charge in [-0.1, -0.05) is 22.0 Å². The molecule has 3 aromatic rings. The van der Waals surface area contributed by atoms with Crippen molar-refractivity contribution in [2.75, 3.05) is 13.1 Å². The molecule has 0 radical (unpaired) electrons. The minimum atomic E-state index is -0.344. The topological polar surface area (TPSA) is 66.7 Å². The third-order valence-corrected chi connectivity index (χ3v) is 7.99. The Hall–Kier alpha value is -2.74. The summed E-state index contributed by atoms with van der Waals surface area (Å²) in [5.41, 5.74) is 2.47. The molecule has 1 unspecified atom stereocenters. The summed E-state index contributed by atoms with van der Waals surface area (Å²) in [6.45, 7) is 3.26. The van der Waals surface area contributed by atoms with E-state index >= 15 is 0 Å². The van der Waals surface area contributed by atoms with Gasteiger partial charge in [0.2, 0.25) is 11.8 Å². The number of carbonyl (C=O) groups is 2. The molecule has 2 aromatic heterocycles. The largest absolute Gasteiger partial charge is 0.348 e. The highest BCUT2D eigenvalue weighted by molar-refractivity contribution is 9.10. The number of hydrogen-bond acceptors (Lipinski definition) is 3. The van der Waals surface area contributed by atoms with Crippen molar-refractivity contribution in [1.29, 1.82) is 0 Å². The molecular formula is C25H26BrFN4O2. The van der Waals surface area contributed by atoms with Crippen LogP contribution in [-0.2, 0) is 16.0 Å². The van der Waals surface area contributed by atoms with E-state index in [4.69, 9.17) is 0 Å². The first-order valence-electron chi connectivity index (χ1n) is 11.3. The second-order valence-corrected chi connectivity index (χ2v) is 10.1. The Morgan fingerprint density at radius 1 is 1.27 bits per heavy atom. The SMILES string of the molecule is C[C@@H](NC(=O)C1CC12CCN(C(=O)Cc1cc(F)ccc1Br)CC2)c1cnc2ccccn12. The van der Waals surface area contributed by atoms with E-state index in [1.165, 1.54) is 12.1 Å². The zero-order chi connectivity index (χ0) is 23.2. The third kappa shape index (κ3) is 4.28. The predicted molar refractivity (Wildman–Crippen MR) is 126 cm³/mol. The number of pyridine rings is 1. The maximum atomic E-state index is 13.5. The van der Waals surface area contributed by atoms with Crippen LogP contribution in [0.15, 0.2) is 53.3 Å². The van der Waals surface area contributed by atoms with E-state index in [2.05, 4.69) is 26.2 Å². The summed E-state index contributed by atoms with van der Waals surface area (Å²) in [6, 6.07) is 10.1. The summed E-state index contributed by atoms with van der Waals surface area (Å²) < 4.78 is 16.3. The molecular weight excluding hydrogens is 487 g/mol. The van der Waals surface area contributed by atoms with Crippen molar-refractivity contribution >= 4 is 33.4 Å². The zero-order valence-corrected chi connectivity index (χ0v) is 20.0. The highest BCUT2D eigenvalue weighted by Gasteiger charge is 2.58. The van der Waals surface area contributed by atoms with Gasteiger partial charge in [0.15, 0.2) is 0 Å². The molecule has 1 spiro atoms. The lowest BCUT2D eigenvalue weighted by atomic mass is 9.90. The number of fused-ring (bicyclic) bond motifs is 1. The zero-order valence-electron chi connectivity index (χ0n) is 18.4. The minimum absolute atomic E-state index is 0.000492. The van der Waals surface area contributed by atoms with Crippen LogP contribution in [0, 0.1) is 17.2 Å². The van der Waals surface area contributed by atoms with Gasteiger partial charge in [0.05, 0.1) is 24.4 Å². The number of benzene rings is 1. The van der Waals surface area contributed by atoms with Gasteiger partial charge in [-0.2, -0.15) is 0 Å². The van der Waals surface area contributed by atoms with Crippen molar-refractivity contribution in [2.24, 2.45) is 11.3 Å². The van der Waals surface area contributed by atoms with Gasteiger partial charge in [-0.15, -0.1) is 0 Å². The number of aromatic nitrogens is 2. The number of nitrogens with zero attached hydrogens (tertiary/aromatic N) is 3. The van der Waals surface area contributed by atoms with Gasteiger partial charge in [0, 0.05) is 29.7 Å². The number of halogens is 2. The average Bonchev–Trinajstić information content (AvgIpc) is 3.32. The van der Waals surface area contributed by atoms with Gasteiger partial charge in [-0.05, 0) is 67.5 Å². The standard InChI is InChI=1S/C25H26BrFN4O2/c1-16(21-15-28-22-4-2-3-9-31(21)22)29-24(33)19-14-25(19)7-10-30(11-8-25)23(32)13-17-12-18(27)5-6-20(17)26/h2-6,9,12,15-16,19H,7-8,10-11,13-14H2,1H3,(H,29,33)/t16-,19?/m1/s1. The van der Waals surface area contributed by atoms with E-state index in [0.29, 0.717) is 18.7 Å². The van der Waals surface area contributed by atoms with Crippen LogP contribution in [0.3, 0.4) is 0 Å². The first-order valence-corrected chi connectivity index (χ1v) is 12.1. The molecule has 2 atom stereocenters. The number of carbonyl (C=O) groups excluding carboxylic acids is 2. The van der Waals surface area contributed by atoms with E-state index < -0.39 is 0 Å². The van der Waals surface area contributed by atoms with E-state index in [1.807, 2.05) is 46.8 Å². The van der Waals surface area contributed by atoms with E-state index in [0.717, 1.165) is 35.1 Å². The summed E-state index contributed by atoms with van der Waals surface area (Å²) in [5.74, 6) is -0.270. The summed E-state index contributed by atoms with van der Waals surface area (Å²) in [6.07, 6.45) is 6.45. The molecule has 1 N–H and O–H groups in total. The molecule has 8 heteroatoms. The van der Waals surface area contributed by atoms with Gasteiger partial charge in [-0.3, -0.25) is 9.59 Å². The maximum absolute atomic E-state index is 13.5. The highest BCUT2D eigenvalue weighted by Crippen LogP contribution is 2.59. The Morgan fingerprint density at radius 3 is 2.85 bits per heavy atom. The number of rotatable bonds is 5. The second kappa shape index (κ2) is 8.56. The van der Waals surface area contributed by atoms with Crippen LogP contribution in [0.25, 0.3) is 5.65 Å². The van der Waals surface area contributed by atoms with Crippen LogP contribution in [0.1, 0.15) is 43.5 Å². The number of likely N-dealkylation sites (tertiary alicyclic amines) is 1. The molecule has 2 aliphatic rings. The summed E-state index contributed by atoms with van der Waals surface area (Å²) in [7, 11) is 0. The van der Waals surface area contributed by atoms with Crippen LogP contribution >= 0.6 is 15.9 Å². The van der Waals surface area contributed by atoms with Crippen molar-refractivity contribution in [3.63, 3.8) is 0 Å². The monoisotopic (exact) mass is 512 g/mol. The van der Waals surface area contributed by atoms with Gasteiger partial charge in [0.1, 0.15) is 11.5 Å². The highest BCUT2D eigenvalue weighted by atomic mass is 79.9. The van der Waals surface area contributed by atoms with Crippen LogP contribution in [0.5, 0.6) is 0 Å². The predicted octanol–water partition coefficient (Wildman–Crippen LogP) is 4.28. The Balaban J connectivity index is 1.16. The molecule has 1 aromatic carbocycles. The second-order valence-electron chi connectivity index (χ2n) is 9.25. The first-order chi connectivity index (χ1) is 15.9. The van der Waals surface area contributed by atoms with Crippen LogP contribution in [-0.4, -0.2) is 39.2 Å². The molecule has 3 heterocycles. The normalized spacial score (nSPS) is 20.1. The van der Waals surface area contributed by atoms with Crippen LogP contribution < -0.4 is 5.32 Å². The number of nitrogens with one attached hydrogen (secondary N) is 1. The summed E-state index contributed by atoms with van der Waals surface area (Å²) >= 11 is 3.39. The minimum Gasteiger partial charge on any atom is -0.348 e.